The second-order valence-electron chi connectivity index (χ2n) is 9.63. The second-order valence-corrected chi connectivity index (χ2v) is 9.63. The van der Waals surface area contributed by atoms with Crippen LogP contribution in [0, 0.1) is 28.1 Å². The van der Waals surface area contributed by atoms with Crippen LogP contribution in [0.5, 0.6) is 0 Å². The number of Topliss-reactive ketones (excluding diaryl/α,β-unsaturated/α-hetero) is 3. The molecule has 1 saturated carbocycles. The maximum atomic E-state index is 14.2. The number of carbonyl (C=O) groups excluding carboxylic acids is 3. The molecular formula is C28H31NO4. The van der Waals surface area contributed by atoms with Gasteiger partial charge in [-0.15, -0.1) is 0 Å². The first-order valence-corrected chi connectivity index (χ1v) is 11.3. The number of allylic oxidation sites excluding steroid dienone is 6. The summed E-state index contributed by atoms with van der Waals surface area (Å²) in [5.74, 6) is -1.59. The maximum absolute atomic E-state index is 14.2. The van der Waals surface area contributed by atoms with Crippen LogP contribution in [0.4, 0.5) is 0 Å². The third kappa shape index (κ3) is 4.11. The molecule has 0 aromatic heterocycles. The summed E-state index contributed by atoms with van der Waals surface area (Å²) < 4.78 is 5.74. The van der Waals surface area contributed by atoms with Crippen molar-refractivity contribution >= 4 is 17.3 Å². The summed E-state index contributed by atoms with van der Waals surface area (Å²) in [6, 6.07) is 10.9. The SMILES string of the molecule is COC1=C(C(=O)c2ccccc2)C(=O)[C@@]2(CC=C(C)C)C[C@@H](C#N)C[C@]1(CC=C(C)C)C2=O. The molecule has 172 valence electrons. The molecule has 5 heteroatoms. The van der Waals surface area contributed by atoms with Crippen LogP contribution in [0.15, 0.2) is 65.0 Å². The van der Waals surface area contributed by atoms with E-state index in [4.69, 9.17) is 4.74 Å². The molecule has 1 aromatic carbocycles. The van der Waals surface area contributed by atoms with Crippen LogP contribution in [0.1, 0.15) is 63.7 Å². The number of carbonyl (C=O) groups is 3. The number of ether oxygens (including phenoxy) is 1. The monoisotopic (exact) mass is 445 g/mol. The van der Waals surface area contributed by atoms with Gasteiger partial charge in [-0.2, -0.15) is 5.26 Å². The van der Waals surface area contributed by atoms with Gasteiger partial charge in [-0.05, 0) is 53.4 Å². The van der Waals surface area contributed by atoms with E-state index in [0.29, 0.717) is 5.56 Å². The number of rotatable bonds is 7. The van der Waals surface area contributed by atoms with Crippen molar-refractivity contribution in [3.63, 3.8) is 0 Å². The molecule has 0 radical (unpaired) electrons. The molecule has 2 aliphatic carbocycles. The molecule has 0 saturated heterocycles. The Bertz CT molecular complexity index is 1110. The predicted octanol–water partition coefficient (Wildman–Crippen LogP) is 5.54. The highest BCUT2D eigenvalue weighted by Crippen LogP contribution is 2.59. The van der Waals surface area contributed by atoms with Gasteiger partial charge in [0.15, 0.2) is 17.3 Å². The molecule has 1 fully saturated rings. The number of hydrogen-bond acceptors (Lipinski definition) is 5. The minimum absolute atomic E-state index is 0.0518. The van der Waals surface area contributed by atoms with Crippen LogP contribution >= 0.6 is 0 Å². The first kappa shape index (κ1) is 24.4. The Morgan fingerprint density at radius 1 is 1.03 bits per heavy atom. The van der Waals surface area contributed by atoms with Gasteiger partial charge in [-0.3, -0.25) is 14.4 Å². The summed E-state index contributed by atoms with van der Waals surface area (Å²) >= 11 is 0. The van der Waals surface area contributed by atoms with Gasteiger partial charge in [0, 0.05) is 11.5 Å². The van der Waals surface area contributed by atoms with Gasteiger partial charge in [-0.25, -0.2) is 0 Å². The topological polar surface area (TPSA) is 84.2 Å². The second kappa shape index (κ2) is 9.31. The largest absolute Gasteiger partial charge is 0.499 e. The van der Waals surface area contributed by atoms with Gasteiger partial charge in [0.2, 0.25) is 0 Å². The lowest BCUT2D eigenvalue weighted by molar-refractivity contribution is -0.154. The van der Waals surface area contributed by atoms with E-state index < -0.39 is 28.3 Å². The zero-order chi connectivity index (χ0) is 24.4. The molecule has 33 heavy (non-hydrogen) atoms. The highest BCUT2D eigenvalue weighted by molar-refractivity contribution is 6.34. The molecule has 0 aliphatic heterocycles. The highest BCUT2D eigenvalue weighted by atomic mass is 16.5. The van der Waals surface area contributed by atoms with Crippen LogP contribution in [-0.2, 0) is 14.3 Å². The summed E-state index contributed by atoms with van der Waals surface area (Å²) in [6.45, 7) is 7.68. The fourth-order valence-corrected chi connectivity index (χ4v) is 5.15. The fourth-order valence-electron chi connectivity index (χ4n) is 5.15. The van der Waals surface area contributed by atoms with E-state index in [1.54, 1.807) is 30.3 Å². The fraction of sp³-hybridized carbons (Fsp3) is 0.429. The average Bonchev–Trinajstić information content (AvgIpc) is 2.80. The van der Waals surface area contributed by atoms with Crippen LogP contribution < -0.4 is 0 Å². The molecule has 0 spiro atoms. The molecule has 0 unspecified atom stereocenters. The molecule has 2 bridgehead atoms. The minimum Gasteiger partial charge on any atom is -0.499 e. The third-order valence-electron chi connectivity index (χ3n) is 6.75. The summed E-state index contributed by atoms with van der Waals surface area (Å²) in [5.41, 5.74) is -0.384. The van der Waals surface area contributed by atoms with E-state index >= 15 is 0 Å². The average molecular weight is 446 g/mol. The summed E-state index contributed by atoms with van der Waals surface area (Å²) in [5, 5.41) is 9.89. The van der Waals surface area contributed by atoms with Crippen molar-refractivity contribution in [3.05, 3.63) is 70.5 Å². The van der Waals surface area contributed by atoms with Crippen LogP contribution in [0.2, 0.25) is 0 Å². The van der Waals surface area contributed by atoms with Crippen molar-refractivity contribution in [1.29, 1.82) is 5.26 Å². The number of fused-ring (bicyclic) bond motifs is 2. The Balaban J connectivity index is 2.37. The van der Waals surface area contributed by atoms with E-state index in [2.05, 4.69) is 6.07 Å². The molecule has 5 nitrogen and oxygen atoms in total. The molecule has 3 atom stereocenters. The predicted molar refractivity (Wildman–Crippen MR) is 126 cm³/mol. The van der Waals surface area contributed by atoms with Gasteiger partial charge in [0.1, 0.15) is 11.3 Å². The quantitative estimate of drug-likeness (QED) is 0.238. The van der Waals surface area contributed by atoms with E-state index in [1.807, 2.05) is 39.8 Å². The Labute approximate surface area is 195 Å². The van der Waals surface area contributed by atoms with Crippen molar-refractivity contribution in [2.45, 2.75) is 53.4 Å². The van der Waals surface area contributed by atoms with Crippen molar-refractivity contribution < 1.29 is 19.1 Å². The first-order chi connectivity index (χ1) is 15.6. The molecule has 3 rings (SSSR count). The Morgan fingerprint density at radius 2 is 1.58 bits per heavy atom. The number of benzene rings is 1. The van der Waals surface area contributed by atoms with Crippen molar-refractivity contribution in [1.82, 2.24) is 0 Å². The Hall–Kier alpha value is -3.26. The van der Waals surface area contributed by atoms with E-state index in [0.717, 1.165) is 11.1 Å². The first-order valence-electron chi connectivity index (χ1n) is 11.3. The number of methoxy groups -OCH3 is 1. The molecule has 0 heterocycles. The molecule has 0 N–H and O–H groups in total. The standard InChI is InChI=1S/C28H31NO4/c1-18(2)11-13-27-15-20(17-29)16-28(26(27)32,14-12-19(3)4)25(33-5)22(24(27)31)23(30)21-9-7-6-8-10-21/h6-12,20H,13-16H2,1-5H3/t20-,27-,28+/m1/s1. The van der Waals surface area contributed by atoms with E-state index in [-0.39, 0.29) is 42.8 Å². The molecule has 1 aromatic rings. The smallest absolute Gasteiger partial charge is 0.200 e. The lowest BCUT2D eigenvalue weighted by atomic mass is 9.49. The third-order valence-corrected chi connectivity index (χ3v) is 6.75. The number of nitriles is 1. The van der Waals surface area contributed by atoms with Gasteiger partial charge in [0.25, 0.3) is 0 Å². The van der Waals surface area contributed by atoms with Gasteiger partial charge >= 0.3 is 0 Å². The van der Waals surface area contributed by atoms with E-state index in [1.165, 1.54) is 7.11 Å². The normalized spacial score (nSPS) is 26.4. The zero-order valence-electron chi connectivity index (χ0n) is 20.0. The lowest BCUT2D eigenvalue weighted by Gasteiger charge is -2.51. The van der Waals surface area contributed by atoms with Crippen LogP contribution in [0.25, 0.3) is 0 Å². The van der Waals surface area contributed by atoms with Gasteiger partial charge in [-0.1, -0.05) is 53.6 Å². The van der Waals surface area contributed by atoms with Gasteiger partial charge in [0.05, 0.1) is 24.0 Å². The van der Waals surface area contributed by atoms with Crippen LogP contribution in [-0.4, -0.2) is 24.5 Å². The van der Waals surface area contributed by atoms with E-state index in [9.17, 15) is 19.6 Å². The number of hydrogen-bond donors (Lipinski definition) is 0. The zero-order valence-corrected chi connectivity index (χ0v) is 20.0. The molecule has 2 aliphatic rings. The Kier molecular flexibility index (Phi) is 6.88. The van der Waals surface area contributed by atoms with Crippen molar-refractivity contribution in [2.75, 3.05) is 7.11 Å². The van der Waals surface area contributed by atoms with Crippen molar-refractivity contribution in [2.24, 2.45) is 16.7 Å². The summed E-state index contributed by atoms with van der Waals surface area (Å²) in [6.07, 6.45) is 4.59. The molecular weight excluding hydrogens is 414 g/mol. The van der Waals surface area contributed by atoms with Gasteiger partial charge < -0.3 is 4.74 Å². The highest BCUT2D eigenvalue weighted by Gasteiger charge is 2.66. The Morgan fingerprint density at radius 3 is 2.09 bits per heavy atom. The molecule has 0 amide bonds. The maximum Gasteiger partial charge on any atom is 0.200 e. The minimum atomic E-state index is -1.45. The number of nitrogens with zero attached hydrogens (tertiary/aromatic N) is 1. The summed E-state index contributed by atoms with van der Waals surface area (Å²) in [4.78, 5) is 41.9. The number of ketones is 3. The summed E-state index contributed by atoms with van der Waals surface area (Å²) in [7, 11) is 1.40. The van der Waals surface area contributed by atoms with Crippen LogP contribution in [0.3, 0.4) is 0 Å². The lowest BCUT2D eigenvalue weighted by Crippen LogP contribution is -2.59. The van der Waals surface area contributed by atoms with Crippen molar-refractivity contribution in [3.8, 4) is 6.07 Å².